The number of carbonyl (C=O) groups excluding carboxylic acids is 2. The van der Waals surface area contributed by atoms with Gasteiger partial charge in [-0.05, 0) is 49.2 Å². The van der Waals surface area contributed by atoms with Crippen molar-refractivity contribution in [3.8, 4) is 0 Å². The number of aryl methyl sites for hydroxylation is 2. The van der Waals surface area contributed by atoms with E-state index in [9.17, 15) is 18.0 Å². The fourth-order valence-electron chi connectivity index (χ4n) is 3.06. The zero-order chi connectivity index (χ0) is 22.4. The normalized spacial score (nSPS) is 12.2. The van der Waals surface area contributed by atoms with Crippen LogP contribution >= 0.6 is 0 Å². The number of sulfone groups is 1. The lowest BCUT2D eigenvalue weighted by Crippen LogP contribution is -2.42. The molecule has 0 fully saturated rings. The van der Waals surface area contributed by atoms with E-state index in [0.29, 0.717) is 0 Å². The molecule has 0 radical (unpaired) electrons. The molecule has 1 heterocycles. The van der Waals surface area contributed by atoms with Gasteiger partial charge in [-0.15, -0.1) is 0 Å². The molecular weight excluding hydrogens is 416 g/mol. The molecule has 8 heteroatoms. The Hall–Kier alpha value is -3.39. The molecule has 0 spiro atoms. The van der Waals surface area contributed by atoms with Crippen LogP contribution in [0.15, 0.2) is 76.2 Å². The molecule has 0 saturated carbocycles. The van der Waals surface area contributed by atoms with Crippen LogP contribution < -0.4 is 10.6 Å². The molecule has 3 aromatic rings. The van der Waals surface area contributed by atoms with Gasteiger partial charge in [-0.1, -0.05) is 42.0 Å². The van der Waals surface area contributed by atoms with Crippen molar-refractivity contribution in [2.75, 3.05) is 6.54 Å². The van der Waals surface area contributed by atoms with Crippen molar-refractivity contribution in [2.45, 2.75) is 30.5 Å². The maximum Gasteiger partial charge on any atom is 0.309 e. The number of hydrogen-bond acceptors (Lipinski definition) is 5. The van der Waals surface area contributed by atoms with Crippen LogP contribution in [0.1, 0.15) is 27.7 Å². The van der Waals surface area contributed by atoms with Gasteiger partial charge in [-0.25, -0.2) is 8.42 Å². The third-order valence-electron chi connectivity index (χ3n) is 4.94. The smallest absolute Gasteiger partial charge is 0.309 e. The molecule has 162 valence electrons. The fraction of sp³-hybridized carbons (Fsp3) is 0.217. The first kappa shape index (κ1) is 22.3. The summed E-state index contributed by atoms with van der Waals surface area (Å²) in [7, 11) is -3.86. The molecule has 0 saturated heterocycles. The summed E-state index contributed by atoms with van der Waals surface area (Å²) in [6, 6.07) is 17.0. The Morgan fingerprint density at radius 3 is 2.23 bits per heavy atom. The van der Waals surface area contributed by atoms with Crippen LogP contribution in [0.2, 0.25) is 0 Å². The van der Waals surface area contributed by atoms with Crippen LogP contribution in [-0.4, -0.2) is 26.8 Å². The quantitative estimate of drug-likeness (QED) is 0.550. The van der Waals surface area contributed by atoms with Gasteiger partial charge in [0.25, 0.3) is 0 Å². The van der Waals surface area contributed by atoms with Gasteiger partial charge in [0.05, 0.1) is 11.2 Å². The Balaban J connectivity index is 1.69. The monoisotopic (exact) mass is 440 g/mol. The van der Waals surface area contributed by atoms with Gasteiger partial charge < -0.3 is 15.1 Å². The lowest BCUT2D eigenvalue weighted by Gasteiger charge is -2.17. The standard InChI is InChI=1S/C23H24N2O5S/c1-16-9-11-19(12-10-16)31(28,29)21(20-8-5-13-30-20)15-25-23(27)22(26)24-14-18-7-4-3-6-17(18)2/h3-13,21H,14-15H2,1-2H3,(H,24,26)(H,25,27)/t21-/m1/s1. The largest absolute Gasteiger partial charge is 0.468 e. The zero-order valence-electron chi connectivity index (χ0n) is 17.3. The first-order chi connectivity index (χ1) is 14.8. The number of nitrogens with one attached hydrogen (secondary N) is 2. The average Bonchev–Trinajstić information content (AvgIpc) is 3.27. The lowest BCUT2D eigenvalue weighted by molar-refractivity contribution is -0.139. The van der Waals surface area contributed by atoms with E-state index in [4.69, 9.17) is 4.42 Å². The van der Waals surface area contributed by atoms with Crippen molar-refractivity contribution in [1.82, 2.24) is 10.6 Å². The van der Waals surface area contributed by atoms with E-state index in [1.807, 2.05) is 38.1 Å². The predicted octanol–water partition coefficient (Wildman–Crippen LogP) is 2.84. The highest BCUT2D eigenvalue weighted by atomic mass is 32.2. The Morgan fingerprint density at radius 1 is 0.903 bits per heavy atom. The molecule has 1 atom stereocenters. The van der Waals surface area contributed by atoms with Crippen LogP contribution in [-0.2, 0) is 26.0 Å². The Labute approximate surface area is 181 Å². The van der Waals surface area contributed by atoms with Gasteiger partial charge in [0.15, 0.2) is 9.84 Å². The van der Waals surface area contributed by atoms with E-state index in [1.165, 1.54) is 24.5 Å². The van der Waals surface area contributed by atoms with E-state index in [2.05, 4.69) is 10.6 Å². The minimum Gasteiger partial charge on any atom is -0.468 e. The van der Waals surface area contributed by atoms with Crippen molar-refractivity contribution >= 4 is 21.7 Å². The predicted molar refractivity (Wildman–Crippen MR) is 116 cm³/mol. The third kappa shape index (κ3) is 5.40. The molecular formula is C23H24N2O5S. The summed E-state index contributed by atoms with van der Waals surface area (Å²) in [6.45, 7) is 3.66. The second-order valence-electron chi connectivity index (χ2n) is 7.18. The van der Waals surface area contributed by atoms with Crippen molar-refractivity contribution in [1.29, 1.82) is 0 Å². The number of hydrogen-bond donors (Lipinski definition) is 2. The van der Waals surface area contributed by atoms with Gasteiger partial charge in [0.1, 0.15) is 11.0 Å². The van der Waals surface area contributed by atoms with Crippen molar-refractivity contribution < 1.29 is 22.4 Å². The molecule has 0 aliphatic heterocycles. The highest BCUT2D eigenvalue weighted by molar-refractivity contribution is 7.91. The maximum absolute atomic E-state index is 13.2. The SMILES string of the molecule is Cc1ccc(S(=O)(=O)[C@H](CNC(=O)C(=O)NCc2ccccc2C)c2ccco2)cc1. The summed E-state index contributed by atoms with van der Waals surface area (Å²) in [4.78, 5) is 24.6. The first-order valence-corrected chi connectivity index (χ1v) is 11.3. The average molecular weight is 441 g/mol. The van der Waals surface area contributed by atoms with E-state index in [-0.39, 0.29) is 23.7 Å². The van der Waals surface area contributed by atoms with Crippen LogP contribution in [0, 0.1) is 13.8 Å². The zero-order valence-corrected chi connectivity index (χ0v) is 18.1. The van der Waals surface area contributed by atoms with Crippen molar-refractivity contribution in [2.24, 2.45) is 0 Å². The number of benzene rings is 2. The van der Waals surface area contributed by atoms with Gasteiger partial charge in [-0.3, -0.25) is 9.59 Å². The third-order valence-corrected chi connectivity index (χ3v) is 7.02. The van der Waals surface area contributed by atoms with Crippen LogP contribution in [0.4, 0.5) is 0 Å². The van der Waals surface area contributed by atoms with Gasteiger partial charge in [0, 0.05) is 13.1 Å². The highest BCUT2D eigenvalue weighted by Crippen LogP contribution is 2.29. The molecule has 3 rings (SSSR count). The molecule has 2 amide bonds. The molecule has 31 heavy (non-hydrogen) atoms. The molecule has 7 nitrogen and oxygen atoms in total. The number of amides is 2. The fourth-order valence-corrected chi connectivity index (χ4v) is 4.65. The molecule has 0 aliphatic carbocycles. The second-order valence-corrected chi connectivity index (χ2v) is 9.31. The lowest BCUT2D eigenvalue weighted by atomic mass is 10.1. The molecule has 2 aromatic carbocycles. The summed E-state index contributed by atoms with van der Waals surface area (Å²) < 4.78 is 31.6. The Kier molecular flexibility index (Phi) is 6.91. The Morgan fingerprint density at radius 2 is 1.58 bits per heavy atom. The highest BCUT2D eigenvalue weighted by Gasteiger charge is 2.32. The van der Waals surface area contributed by atoms with Gasteiger partial charge >= 0.3 is 11.8 Å². The Bertz CT molecular complexity index is 1150. The van der Waals surface area contributed by atoms with E-state index in [0.717, 1.165) is 16.7 Å². The van der Waals surface area contributed by atoms with Gasteiger partial charge in [-0.2, -0.15) is 0 Å². The van der Waals surface area contributed by atoms with E-state index >= 15 is 0 Å². The second kappa shape index (κ2) is 9.61. The molecule has 0 unspecified atom stereocenters. The van der Waals surface area contributed by atoms with Crippen LogP contribution in [0.5, 0.6) is 0 Å². The summed E-state index contributed by atoms with van der Waals surface area (Å²) in [6.07, 6.45) is 1.36. The number of rotatable bonds is 7. The number of carbonyl (C=O) groups is 2. The van der Waals surface area contributed by atoms with E-state index in [1.54, 1.807) is 18.2 Å². The summed E-state index contributed by atoms with van der Waals surface area (Å²) >= 11 is 0. The minimum absolute atomic E-state index is 0.109. The van der Waals surface area contributed by atoms with Crippen molar-refractivity contribution in [3.05, 3.63) is 89.4 Å². The summed E-state index contributed by atoms with van der Waals surface area (Å²) in [5.41, 5.74) is 2.80. The molecule has 0 aliphatic rings. The van der Waals surface area contributed by atoms with Gasteiger partial charge in [0.2, 0.25) is 0 Å². The summed E-state index contributed by atoms with van der Waals surface area (Å²) in [5.74, 6) is -1.57. The van der Waals surface area contributed by atoms with E-state index < -0.39 is 26.9 Å². The molecule has 0 bridgehead atoms. The topological polar surface area (TPSA) is 105 Å². The van der Waals surface area contributed by atoms with Crippen LogP contribution in [0.3, 0.4) is 0 Å². The van der Waals surface area contributed by atoms with Crippen molar-refractivity contribution in [3.63, 3.8) is 0 Å². The van der Waals surface area contributed by atoms with Crippen LogP contribution in [0.25, 0.3) is 0 Å². The molecule has 2 N–H and O–H groups in total. The first-order valence-electron chi connectivity index (χ1n) is 9.73. The minimum atomic E-state index is -3.86. The summed E-state index contributed by atoms with van der Waals surface area (Å²) in [5, 5.41) is 3.80. The molecule has 1 aromatic heterocycles. The number of furan rings is 1. The maximum atomic E-state index is 13.2.